The van der Waals surface area contributed by atoms with Crippen molar-refractivity contribution in [3.8, 4) is 0 Å². The van der Waals surface area contributed by atoms with Crippen LogP contribution in [0.3, 0.4) is 0 Å². The van der Waals surface area contributed by atoms with Crippen LogP contribution < -0.4 is 5.32 Å². The highest BCUT2D eigenvalue weighted by Gasteiger charge is 2.16. The van der Waals surface area contributed by atoms with Crippen molar-refractivity contribution >= 4 is 23.5 Å². The second-order valence-corrected chi connectivity index (χ2v) is 4.16. The molecule has 2 rings (SSSR count). The van der Waals surface area contributed by atoms with Crippen LogP contribution in [0.5, 0.6) is 0 Å². The maximum atomic E-state index is 12.0. The maximum absolute atomic E-state index is 12.0. The number of anilines is 1. The van der Waals surface area contributed by atoms with E-state index in [-0.39, 0.29) is 22.4 Å². The Kier molecular flexibility index (Phi) is 3.70. The molecule has 0 fully saturated rings. The Morgan fingerprint density at radius 1 is 1.10 bits per heavy atom. The second kappa shape index (κ2) is 5.45. The third kappa shape index (κ3) is 3.06. The summed E-state index contributed by atoms with van der Waals surface area (Å²) in [6.07, 6.45) is 1.21. The summed E-state index contributed by atoms with van der Waals surface area (Å²) in [5.74, 6) is -2.88. The van der Waals surface area contributed by atoms with Gasteiger partial charge in [-0.15, -0.1) is 0 Å². The van der Waals surface area contributed by atoms with Gasteiger partial charge < -0.3 is 20.1 Å². The number of aromatic nitrogens is 1. The first-order valence-corrected chi connectivity index (χ1v) is 5.73. The van der Waals surface area contributed by atoms with E-state index >= 15 is 0 Å². The van der Waals surface area contributed by atoms with Crippen molar-refractivity contribution in [3.63, 3.8) is 0 Å². The average molecular weight is 290 g/mol. The Bertz CT molecular complexity index is 702. The van der Waals surface area contributed by atoms with E-state index in [0.717, 1.165) is 18.2 Å². The molecule has 2 aromatic rings. The Morgan fingerprint density at radius 2 is 1.67 bits per heavy atom. The maximum Gasteiger partial charge on any atom is 0.335 e. The van der Waals surface area contributed by atoms with E-state index < -0.39 is 17.8 Å². The summed E-state index contributed by atoms with van der Waals surface area (Å²) in [4.78, 5) is 33.9. The topological polar surface area (TPSA) is 130 Å². The third-order valence-electron chi connectivity index (χ3n) is 2.68. The molecule has 1 heterocycles. The molecule has 1 aromatic carbocycles. The molecule has 0 saturated heterocycles. The first-order chi connectivity index (χ1) is 9.88. The zero-order valence-corrected chi connectivity index (χ0v) is 10.8. The number of nitrogens with zero attached hydrogens (tertiary/aromatic N) is 1. The smallest absolute Gasteiger partial charge is 0.335 e. The van der Waals surface area contributed by atoms with Crippen LogP contribution in [0.15, 0.2) is 28.9 Å². The van der Waals surface area contributed by atoms with Gasteiger partial charge in [0.25, 0.3) is 5.91 Å². The lowest BCUT2D eigenvalue weighted by Crippen LogP contribution is -2.13. The number of aryl methyl sites for hydroxylation is 1. The molecule has 0 aliphatic heterocycles. The summed E-state index contributed by atoms with van der Waals surface area (Å²) >= 11 is 0. The van der Waals surface area contributed by atoms with Crippen LogP contribution >= 0.6 is 0 Å². The monoisotopic (exact) mass is 290 g/mol. The molecule has 0 saturated carbocycles. The molecular formula is C13H10N2O6. The minimum absolute atomic E-state index is 0.0536. The van der Waals surface area contributed by atoms with Crippen molar-refractivity contribution in [1.82, 2.24) is 5.16 Å². The van der Waals surface area contributed by atoms with Crippen LogP contribution in [-0.2, 0) is 0 Å². The molecule has 21 heavy (non-hydrogen) atoms. The van der Waals surface area contributed by atoms with Crippen molar-refractivity contribution in [2.75, 3.05) is 5.32 Å². The predicted octanol–water partition coefficient (Wildman–Crippen LogP) is 1.63. The lowest BCUT2D eigenvalue weighted by Gasteiger charge is -2.07. The lowest BCUT2D eigenvalue weighted by molar-refractivity contribution is 0.0696. The number of rotatable bonds is 4. The first-order valence-electron chi connectivity index (χ1n) is 5.73. The number of carboxylic acid groups (broad SMARTS) is 2. The Balaban J connectivity index is 2.35. The summed E-state index contributed by atoms with van der Waals surface area (Å²) in [5.41, 5.74) is -0.259. The minimum Gasteiger partial charge on any atom is -0.478 e. The normalized spacial score (nSPS) is 10.1. The predicted molar refractivity (Wildman–Crippen MR) is 69.6 cm³/mol. The van der Waals surface area contributed by atoms with Crippen LogP contribution in [0, 0.1) is 6.92 Å². The molecule has 0 aliphatic rings. The Morgan fingerprint density at radius 3 is 2.10 bits per heavy atom. The highest BCUT2D eigenvalue weighted by molar-refractivity contribution is 6.06. The SMILES string of the molecule is Cc1oncc1C(=O)Nc1cc(C(=O)O)cc(C(=O)O)c1. The molecule has 108 valence electrons. The van der Waals surface area contributed by atoms with E-state index in [4.69, 9.17) is 14.7 Å². The van der Waals surface area contributed by atoms with Crippen LogP contribution in [0.1, 0.15) is 36.8 Å². The van der Waals surface area contributed by atoms with E-state index in [2.05, 4.69) is 10.5 Å². The standard InChI is InChI=1S/C13H10N2O6/c1-6-10(5-14-21-6)11(16)15-9-3-7(12(17)18)2-8(4-9)13(19)20/h2-5H,1H3,(H,15,16)(H,17,18)(H,19,20). The van der Waals surface area contributed by atoms with E-state index in [1.165, 1.54) is 13.1 Å². The highest BCUT2D eigenvalue weighted by Crippen LogP contribution is 2.17. The van der Waals surface area contributed by atoms with Crippen LogP contribution in [-0.4, -0.2) is 33.2 Å². The van der Waals surface area contributed by atoms with Crippen LogP contribution in [0.25, 0.3) is 0 Å². The molecule has 1 amide bonds. The third-order valence-corrected chi connectivity index (χ3v) is 2.68. The van der Waals surface area contributed by atoms with Gasteiger partial charge in [-0.2, -0.15) is 0 Å². The number of hydrogen-bond donors (Lipinski definition) is 3. The molecule has 8 nitrogen and oxygen atoms in total. The molecule has 0 atom stereocenters. The fourth-order valence-corrected chi connectivity index (χ4v) is 1.66. The van der Waals surface area contributed by atoms with Crippen molar-refractivity contribution in [2.24, 2.45) is 0 Å². The summed E-state index contributed by atoms with van der Waals surface area (Å²) in [7, 11) is 0. The number of aromatic carboxylic acids is 2. The molecule has 0 unspecified atom stereocenters. The van der Waals surface area contributed by atoms with E-state index in [9.17, 15) is 14.4 Å². The quantitative estimate of drug-likeness (QED) is 0.780. The number of hydrogen-bond acceptors (Lipinski definition) is 5. The number of carboxylic acids is 2. The van der Waals surface area contributed by atoms with E-state index in [1.54, 1.807) is 0 Å². The van der Waals surface area contributed by atoms with Gasteiger partial charge in [-0.1, -0.05) is 5.16 Å². The molecule has 0 spiro atoms. The molecule has 3 N–H and O–H groups in total. The summed E-state index contributed by atoms with van der Waals surface area (Å²) in [6, 6.07) is 3.33. The first kappa shape index (κ1) is 14.3. The van der Waals surface area contributed by atoms with Gasteiger partial charge in [0.05, 0.1) is 17.3 Å². The molecule has 1 aromatic heterocycles. The van der Waals surface area contributed by atoms with Crippen molar-refractivity contribution in [3.05, 3.63) is 46.8 Å². The Labute approximate surface area is 118 Å². The van der Waals surface area contributed by atoms with Crippen molar-refractivity contribution < 1.29 is 29.1 Å². The zero-order chi connectivity index (χ0) is 15.6. The van der Waals surface area contributed by atoms with Crippen molar-refractivity contribution in [2.45, 2.75) is 6.92 Å². The number of carbonyl (C=O) groups excluding carboxylic acids is 1. The fourth-order valence-electron chi connectivity index (χ4n) is 1.66. The number of benzene rings is 1. The van der Waals surface area contributed by atoms with Gasteiger partial charge in [0.2, 0.25) is 0 Å². The minimum atomic E-state index is -1.30. The molecule has 0 bridgehead atoms. The van der Waals surface area contributed by atoms with Gasteiger partial charge >= 0.3 is 11.9 Å². The second-order valence-electron chi connectivity index (χ2n) is 4.16. The largest absolute Gasteiger partial charge is 0.478 e. The van der Waals surface area contributed by atoms with Crippen LogP contribution in [0.4, 0.5) is 5.69 Å². The number of amides is 1. The number of nitrogens with one attached hydrogen (secondary N) is 1. The van der Waals surface area contributed by atoms with E-state index in [0.29, 0.717) is 5.76 Å². The molecule has 0 radical (unpaired) electrons. The van der Waals surface area contributed by atoms with Gasteiger partial charge in [-0.25, -0.2) is 9.59 Å². The fraction of sp³-hybridized carbons (Fsp3) is 0.0769. The van der Waals surface area contributed by atoms with Crippen molar-refractivity contribution in [1.29, 1.82) is 0 Å². The van der Waals surface area contributed by atoms with E-state index in [1.807, 2.05) is 0 Å². The lowest BCUT2D eigenvalue weighted by atomic mass is 10.1. The molecule has 8 heteroatoms. The zero-order valence-electron chi connectivity index (χ0n) is 10.8. The van der Waals surface area contributed by atoms with Gasteiger partial charge in [0, 0.05) is 5.69 Å². The molecular weight excluding hydrogens is 280 g/mol. The summed E-state index contributed by atoms with van der Waals surface area (Å²) < 4.78 is 4.75. The summed E-state index contributed by atoms with van der Waals surface area (Å²) in [5, 5.41) is 23.8. The summed E-state index contributed by atoms with van der Waals surface area (Å²) in [6.45, 7) is 1.54. The highest BCUT2D eigenvalue weighted by atomic mass is 16.5. The van der Waals surface area contributed by atoms with Gasteiger partial charge in [0.1, 0.15) is 11.3 Å². The number of carbonyl (C=O) groups is 3. The Hall–Kier alpha value is -3.16. The van der Waals surface area contributed by atoms with Gasteiger partial charge in [0.15, 0.2) is 0 Å². The average Bonchev–Trinajstić information content (AvgIpc) is 2.84. The van der Waals surface area contributed by atoms with Gasteiger partial charge in [-0.05, 0) is 25.1 Å². The van der Waals surface area contributed by atoms with Gasteiger partial charge in [-0.3, -0.25) is 4.79 Å². The molecule has 0 aliphatic carbocycles. The van der Waals surface area contributed by atoms with Crippen LogP contribution in [0.2, 0.25) is 0 Å².